The van der Waals surface area contributed by atoms with E-state index >= 15 is 0 Å². The first-order valence-electron chi connectivity index (χ1n) is 6.20. The molecule has 1 unspecified atom stereocenters. The van der Waals surface area contributed by atoms with Crippen LogP contribution >= 0.6 is 0 Å². The van der Waals surface area contributed by atoms with Crippen molar-refractivity contribution in [2.24, 2.45) is 11.8 Å². The van der Waals surface area contributed by atoms with E-state index in [1.54, 1.807) is 6.92 Å². The summed E-state index contributed by atoms with van der Waals surface area (Å²) >= 11 is 0. The Bertz CT molecular complexity index is 335. The minimum absolute atomic E-state index is 0.157. The normalized spacial score (nSPS) is 25.0. The highest BCUT2D eigenvalue weighted by molar-refractivity contribution is 5.88. The van der Waals surface area contributed by atoms with E-state index in [1.165, 1.54) is 7.05 Å². The monoisotopic (exact) mass is 256 g/mol. The summed E-state index contributed by atoms with van der Waals surface area (Å²) < 4.78 is 0. The molecule has 1 aliphatic rings. The molecule has 2 amide bonds. The average molecular weight is 256 g/mol. The number of carbonyl (C=O) groups excluding carboxylic acids is 2. The van der Waals surface area contributed by atoms with Crippen LogP contribution in [0.3, 0.4) is 0 Å². The van der Waals surface area contributed by atoms with Crippen LogP contribution < -0.4 is 10.6 Å². The third-order valence-corrected chi connectivity index (χ3v) is 3.45. The van der Waals surface area contributed by atoms with Gasteiger partial charge in [0.1, 0.15) is 6.04 Å². The Balaban J connectivity index is 2.41. The van der Waals surface area contributed by atoms with Crippen LogP contribution in [-0.4, -0.2) is 36.0 Å². The second-order valence-corrected chi connectivity index (χ2v) is 4.73. The van der Waals surface area contributed by atoms with Crippen molar-refractivity contribution >= 4 is 17.8 Å². The van der Waals surface area contributed by atoms with Gasteiger partial charge < -0.3 is 15.7 Å². The summed E-state index contributed by atoms with van der Waals surface area (Å²) in [5, 5.41) is 14.0. The SMILES string of the molecule is CNC(=O)C(C)NC(=O)C1CCC(C(=O)O)CC1. The lowest BCUT2D eigenvalue weighted by molar-refractivity contribution is -0.144. The Kier molecular flexibility index (Phi) is 5.12. The lowest BCUT2D eigenvalue weighted by Gasteiger charge is -2.26. The van der Waals surface area contributed by atoms with E-state index in [1.807, 2.05) is 0 Å². The highest BCUT2D eigenvalue weighted by Crippen LogP contribution is 2.29. The molecule has 0 aromatic carbocycles. The standard InChI is InChI=1S/C12H20N2O4/c1-7(10(15)13-2)14-11(16)8-3-5-9(6-4-8)12(17)18/h7-9H,3-6H2,1-2H3,(H,13,15)(H,14,16)(H,17,18). The molecule has 1 atom stereocenters. The van der Waals surface area contributed by atoms with Gasteiger partial charge in [0.15, 0.2) is 0 Å². The Morgan fingerprint density at radius 3 is 2.06 bits per heavy atom. The zero-order chi connectivity index (χ0) is 13.7. The third-order valence-electron chi connectivity index (χ3n) is 3.45. The van der Waals surface area contributed by atoms with Gasteiger partial charge in [-0.15, -0.1) is 0 Å². The third kappa shape index (κ3) is 3.72. The maximum Gasteiger partial charge on any atom is 0.306 e. The number of aliphatic carboxylic acids is 1. The lowest BCUT2D eigenvalue weighted by atomic mass is 9.81. The topological polar surface area (TPSA) is 95.5 Å². The Labute approximate surface area is 106 Å². The summed E-state index contributed by atoms with van der Waals surface area (Å²) in [6.45, 7) is 1.62. The fourth-order valence-corrected chi connectivity index (χ4v) is 2.22. The van der Waals surface area contributed by atoms with Gasteiger partial charge >= 0.3 is 5.97 Å². The van der Waals surface area contributed by atoms with Crippen LogP contribution in [0, 0.1) is 11.8 Å². The molecular weight excluding hydrogens is 236 g/mol. The van der Waals surface area contributed by atoms with Crippen LogP contribution in [-0.2, 0) is 14.4 Å². The summed E-state index contributed by atoms with van der Waals surface area (Å²) in [6, 6.07) is -0.556. The first-order chi connectivity index (χ1) is 8.45. The van der Waals surface area contributed by atoms with Gasteiger partial charge in [-0.1, -0.05) is 0 Å². The predicted molar refractivity (Wildman–Crippen MR) is 64.8 cm³/mol. The van der Waals surface area contributed by atoms with Gasteiger partial charge in [-0.3, -0.25) is 14.4 Å². The van der Waals surface area contributed by atoms with Gasteiger partial charge in [-0.25, -0.2) is 0 Å². The molecule has 0 bridgehead atoms. The lowest BCUT2D eigenvalue weighted by Crippen LogP contribution is -2.46. The maximum atomic E-state index is 11.9. The maximum absolute atomic E-state index is 11.9. The summed E-state index contributed by atoms with van der Waals surface area (Å²) in [5.41, 5.74) is 0. The second kappa shape index (κ2) is 6.37. The molecule has 0 aromatic heterocycles. The Morgan fingerprint density at radius 1 is 1.11 bits per heavy atom. The minimum atomic E-state index is -0.785. The molecule has 102 valence electrons. The van der Waals surface area contributed by atoms with Crippen LogP contribution in [0.25, 0.3) is 0 Å². The highest BCUT2D eigenvalue weighted by atomic mass is 16.4. The fourth-order valence-electron chi connectivity index (χ4n) is 2.22. The summed E-state index contributed by atoms with van der Waals surface area (Å²) in [6.07, 6.45) is 2.20. The summed E-state index contributed by atoms with van der Waals surface area (Å²) in [7, 11) is 1.52. The molecule has 0 spiro atoms. The molecule has 1 rings (SSSR count). The van der Waals surface area contributed by atoms with Crippen molar-refractivity contribution in [2.75, 3.05) is 7.05 Å². The van der Waals surface area contributed by atoms with Gasteiger partial charge in [-0.2, -0.15) is 0 Å². The minimum Gasteiger partial charge on any atom is -0.481 e. The van der Waals surface area contributed by atoms with Crippen LogP contribution in [0.1, 0.15) is 32.6 Å². The van der Waals surface area contributed by atoms with Gasteiger partial charge in [0.05, 0.1) is 5.92 Å². The number of carboxylic acid groups (broad SMARTS) is 1. The van der Waals surface area contributed by atoms with E-state index in [0.29, 0.717) is 25.7 Å². The number of hydrogen-bond donors (Lipinski definition) is 3. The molecular formula is C12H20N2O4. The quantitative estimate of drug-likeness (QED) is 0.666. The van der Waals surface area contributed by atoms with Crippen LogP contribution in [0.2, 0.25) is 0 Å². The van der Waals surface area contributed by atoms with Crippen molar-refractivity contribution in [1.82, 2.24) is 10.6 Å². The average Bonchev–Trinajstić information content (AvgIpc) is 2.37. The van der Waals surface area contributed by atoms with Crippen molar-refractivity contribution in [3.8, 4) is 0 Å². The highest BCUT2D eigenvalue weighted by Gasteiger charge is 2.30. The number of nitrogens with one attached hydrogen (secondary N) is 2. The molecule has 1 saturated carbocycles. The molecule has 3 N–H and O–H groups in total. The van der Waals surface area contributed by atoms with Gasteiger partial charge in [0.2, 0.25) is 11.8 Å². The first-order valence-corrected chi connectivity index (χ1v) is 6.20. The number of likely N-dealkylation sites (N-methyl/N-ethyl adjacent to an activating group) is 1. The van der Waals surface area contributed by atoms with E-state index in [2.05, 4.69) is 10.6 Å². The molecule has 6 heteroatoms. The van der Waals surface area contributed by atoms with Crippen molar-refractivity contribution in [1.29, 1.82) is 0 Å². The number of hydrogen-bond acceptors (Lipinski definition) is 3. The number of rotatable bonds is 4. The van der Waals surface area contributed by atoms with Gasteiger partial charge in [-0.05, 0) is 32.6 Å². The fraction of sp³-hybridized carbons (Fsp3) is 0.750. The van der Waals surface area contributed by atoms with Crippen LogP contribution in [0.15, 0.2) is 0 Å². The first kappa shape index (κ1) is 14.5. The van der Waals surface area contributed by atoms with Crippen LogP contribution in [0.5, 0.6) is 0 Å². The molecule has 0 heterocycles. The number of carbonyl (C=O) groups is 3. The van der Waals surface area contributed by atoms with Crippen LogP contribution in [0.4, 0.5) is 0 Å². The van der Waals surface area contributed by atoms with Crippen molar-refractivity contribution in [2.45, 2.75) is 38.6 Å². The van der Waals surface area contributed by atoms with Crippen molar-refractivity contribution in [3.05, 3.63) is 0 Å². The zero-order valence-corrected chi connectivity index (χ0v) is 10.7. The smallest absolute Gasteiger partial charge is 0.306 e. The van der Waals surface area contributed by atoms with Gasteiger partial charge in [0.25, 0.3) is 0 Å². The van der Waals surface area contributed by atoms with E-state index in [0.717, 1.165) is 0 Å². The van der Waals surface area contributed by atoms with E-state index < -0.39 is 12.0 Å². The molecule has 18 heavy (non-hydrogen) atoms. The largest absolute Gasteiger partial charge is 0.481 e. The van der Waals surface area contributed by atoms with Crippen molar-refractivity contribution in [3.63, 3.8) is 0 Å². The van der Waals surface area contributed by atoms with E-state index in [9.17, 15) is 14.4 Å². The molecule has 0 aromatic rings. The van der Waals surface area contributed by atoms with Gasteiger partial charge in [0, 0.05) is 13.0 Å². The zero-order valence-electron chi connectivity index (χ0n) is 10.7. The number of carboxylic acids is 1. The molecule has 0 aliphatic heterocycles. The Hall–Kier alpha value is -1.59. The number of amides is 2. The van der Waals surface area contributed by atoms with Crippen molar-refractivity contribution < 1.29 is 19.5 Å². The molecule has 1 aliphatic carbocycles. The molecule has 0 saturated heterocycles. The molecule has 0 radical (unpaired) electrons. The molecule has 1 fully saturated rings. The summed E-state index contributed by atoms with van der Waals surface area (Å²) in [4.78, 5) is 33.9. The molecule has 6 nitrogen and oxygen atoms in total. The summed E-state index contributed by atoms with van der Waals surface area (Å²) in [5.74, 6) is -1.68. The van der Waals surface area contributed by atoms with E-state index in [-0.39, 0.29) is 23.7 Å². The second-order valence-electron chi connectivity index (χ2n) is 4.73. The Morgan fingerprint density at radius 2 is 1.61 bits per heavy atom. The van der Waals surface area contributed by atoms with E-state index in [4.69, 9.17) is 5.11 Å². The predicted octanol–water partition coefficient (Wildman–Crippen LogP) is 0.128.